The molecule has 0 unspecified atom stereocenters. The maximum Gasteiger partial charge on any atom is 0.192 e. The molecule has 21 heavy (non-hydrogen) atoms. The third-order valence-corrected chi connectivity index (χ3v) is 8.44. The average Bonchev–Trinajstić information content (AvgIpc) is 2.42. The van der Waals surface area contributed by atoms with Gasteiger partial charge < -0.3 is 13.9 Å². The Balaban J connectivity index is 2.59. The molecule has 4 nitrogen and oxygen atoms in total. The molecule has 0 saturated heterocycles. The SMILES string of the molecule is COc1ccc(C#N)cc1OCCO[Si](C)(C)C(C)(C)C. The monoisotopic (exact) mass is 307 g/mol. The molecular formula is C16H25NO3Si. The summed E-state index contributed by atoms with van der Waals surface area (Å²) < 4.78 is 17.0. The minimum Gasteiger partial charge on any atom is -0.493 e. The third-order valence-electron chi connectivity index (χ3n) is 3.90. The second-order valence-electron chi connectivity index (χ2n) is 6.43. The number of nitrogens with zero attached hydrogens (tertiary/aromatic N) is 1. The van der Waals surface area contributed by atoms with Gasteiger partial charge in [0.1, 0.15) is 6.61 Å². The fraction of sp³-hybridized carbons (Fsp3) is 0.562. The molecule has 1 rings (SSSR count). The van der Waals surface area contributed by atoms with Crippen molar-refractivity contribution in [2.75, 3.05) is 20.3 Å². The first-order valence-corrected chi connectivity index (χ1v) is 9.97. The van der Waals surface area contributed by atoms with Crippen molar-refractivity contribution in [3.63, 3.8) is 0 Å². The predicted molar refractivity (Wildman–Crippen MR) is 86.4 cm³/mol. The van der Waals surface area contributed by atoms with E-state index in [4.69, 9.17) is 19.2 Å². The Labute approximate surface area is 128 Å². The van der Waals surface area contributed by atoms with Crippen LogP contribution in [0.2, 0.25) is 18.1 Å². The number of rotatable bonds is 6. The van der Waals surface area contributed by atoms with E-state index in [1.165, 1.54) is 0 Å². The second-order valence-corrected chi connectivity index (χ2v) is 11.2. The molecule has 0 aliphatic heterocycles. The van der Waals surface area contributed by atoms with Crippen LogP contribution in [0.5, 0.6) is 11.5 Å². The second kappa shape index (κ2) is 6.97. The number of benzene rings is 1. The normalized spacial score (nSPS) is 11.9. The molecule has 0 N–H and O–H groups in total. The van der Waals surface area contributed by atoms with Gasteiger partial charge in [0.05, 0.1) is 25.3 Å². The molecule has 0 fully saturated rings. The van der Waals surface area contributed by atoms with E-state index in [0.29, 0.717) is 30.3 Å². The van der Waals surface area contributed by atoms with Crippen LogP contribution in [0.4, 0.5) is 0 Å². The van der Waals surface area contributed by atoms with Crippen LogP contribution in [-0.2, 0) is 4.43 Å². The van der Waals surface area contributed by atoms with Crippen molar-refractivity contribution in [3.05, 3.63) is 23.8 Å². The molecule has 0 saturated carbocycles. The van der Waals surface area contributed by atoms with Crippen LogP contribution < -0.4 is 9.47 Å². The zero-order valence-corrected chi connectivity index (χ0v) is 14.8. The van der Waals surface area contributed by atoms with Crippen LogP contribution in [0.25, 0.3) is 0 Å². The predicted octanol–water partition coefficient (Wildman–Crippen LogP) is 3.97. The van der Waals surface area contributed by atoms with Crippen LogP contribution in [0.15, 0.2) is 18.2 Å². The Bertz CT molecular complexity index is 515. The van der Waals surface area contributed by atoms with Gasteiger partial charge in [-0.25, -0.2) is 0 Å². The van der Waals surface area contributed by atoms with Gasteiger partial charge in [0.25, 0.3) is 0 Å². The lowest BCUT2D eigenvalue weighted by Crippen LogP contribution is -2.41. The summed E-state index contributed by atoms with van der Waals surface area (Å²) in [4.78, 5) is 0. The first kappa shape index (κ1) is 17.5. The zero-order valence-electron chi connectivity index (χ0n) is 13.8. The van der Waals surface area contributed by atoms with Gasteiger partial charge in [-0.15, -0.1) is 0 Å². The summed E-state index contributed by atoms with van der Waals surface area (Å²) >= 11 is 0. The molecule has 0 amide bonds. The largest absolute Gasteiger partial charge is 0.493 e. The molecule has 0 spiro atoms. The summed E-state index contributed by atoms with van der Waals surface area (Å²) in [7, 11) is -0.163. The highest BCUT2D eigenvalue weighted by Gasteiger charge is 2.36. The van der Waals surface area contributed by atoms with E-state index >= 15 is 0 Å². The molecule has 116 valence electrons. The number of methoxy groups -OCH3 is 1. The van der Waals surface area contributed by atoms with Crippen molar-refractivity contribution in [3.8, 4) is 17.6 Å². The van der Waals surface area contributed by atoms with Crippen molar-refractivity contribution in [1.29, 1.82) is 5.26 Å². The molecular weight excluding hydrogens is 282 g/mol. The van der Waals surface area contributed by atoms with E-state index in [-0.39, 0.29) is 5.04 Å². The van der Waals surface area contributed by atoms with Crippen molar-refractivity contribution in [1.82, 2.24) is 0 Å². The molecule has 0 heterocycles. The van der Waals surface area contributed by atoms with Gasteiger partial charge >= 0.3 is 0 Å². The fourth-order valence-electron chi connectivity index (χ4n) is 1.52. The smallest absolute Gasteiger partial charge is 0.192 e. The molecule has 0 aromatic heterocycles. The van der Waals surface area contributed by atoms with E-state index in [1.54, 1.807) is 25.3 Å². The molecule has 0 atom stereocenters. The maximum atomic E-state index is 8.93. The Morgan fingerprint density at radius 2 is 1.81 bits per heavy atom. The third kappa shape index (κ3) is 4.76. The number of ether oxygens (including phenoxy) is 2. The minimum atomic E-state index is -1.75. The van der Waals surface area contributed by atoms with Gasteiger partial charge in [-0.2, -0.15) is 5.26 Å². The lowest BCUT2D eigenvalue weighted by atomic mass is 10.2. The average molecular weight is 307 g/mol. The van der Waals surface area contributed by atoms with Crippen LogP contribution in [0, 0.1) is 11.3 Å². The zero-order chi connectivity index (χ0) is 16.1. The van der Waals surface area contributed by atoms with Crippen LogP contribution in [0.3, 0.4) is 0 Å². The fourth-order valence-corrected chi connectivity index (χ4v) is 2.55. The van der Waals surface area contributed by atoms with Crippen LogP contribution >= 0.6 is 0 Å². The molecule has 0 aliphatic carbocycles. The van der Waals surface area contributed by atoms with Crippen molar-refractivity contribution in [2.45, 2.75) is 38.9 Å². The van der Waals surface area contributed by atoms with E-state index in [0.717, 1.165) is 0 Å². The maximum absolute atomic E-state index is 8.93. The number of hydrogen-bond donors (Lipinski definition) is 0. The van der Waals surface area contributed by atoms with E-state index in [2.05, 4.69) is 39.9 Å². The summed E-state index contributed by atoms with van der Waals surface area (Å²) in [5.41, 5.74) is 0.552. The van der Waals surface area contributed by atoms with Crippen molar-refractivity contribution in [2.24, 2.45) is 0 Å². The van der Waals surface area contributed by atoms with Crippen LogP contribution in [0.1, 0.15) is 26.3 Å². The Hall–Kier alpha value is -1.51. The molecule has 1 aromatic rings. The van der Waals surface area contributed by atoms with E-state index in [9.17, 15) is 0 Å². The van der Waals surface area contributed by atoms with Crippen molar-refractivity contribution >= 4 is 8.32 Å². The topological polar surface area (TPSA) is 51.5 Å². The lowest BCUT2D eigenvalue weighted by Gasteiger charge is -2.36. The summed E-state index contributed by atoms with van der Waals surface area (Å²) in [5, 5.41) is 9.11. The van der Waals surface area contributed by atoms with Gasteiger partial charge in [0, 0.05) is 6.07 Å². The molecule has 0 radical (unpaired) electrons. The molecule has 1 aromatic carbocycles. The standard InChI is InChI=1S/C16H25NO3Si/c1-16(2,3)21(5,6)20-10-9-19-15-11-13(12-17)7-8-14(15)18-4/h7-8,11H,9-10H2,1-6H3. The molecule has 0 bridgehead atoms. The van der Waals surface area contributed by atoms with Gasteiger partial charge in [0.2, 0.25) is 0 Å². The van der Waals surface area contributed by atoms with E-state index < -0.39 is 8.32 Å². The number of hydrogen-bond acceptors (Lipinski definition) is 4. The van der Waals surface area contributed by atoms with Crippen LogP contribution in [-0.4, -0.2) is 28.6 Å². The highest BCUT2D eigenvalue weighted by atomic mass is 28.4. The molecule has 5 heteroatoms. The summed E-state index contributed by atoms with van der Waals surface area (Å²) in [6.45, 7) is 12.0. The highest BCUT2D eigenvalue weighted by Crippen LogP contribution is 2.36. The highest BCUT2D eigenvalue weighted by molar-refractivity contribution is 6.74. The van der Waals surface area contributed by atoms with Gasteiger partial charge in [-0.3, -0.25) is 0 Å². The Morgan fingerprint density at radius 3 is 2.33 bits per heavy atom. The van der Waals surface area contributed by atoms with Gasteiger partial charge in [0.15, 0.2) is 19.8 Å². The first-order valence-electron chi connectivity index (χ1n) is 7.06. The lowest BCUT2D eigenvalue weighted by molar-refractivity contribution is 0.199. The van der Waals surface area contributed by atoms with Crippen molar-refractivity contribution < 1.29 is 13.9 Å². The minimum absolute atomic E-state index is 0.186. The quantitative estimate of drug-likeness (QED) is 0.589. The van der Waals surface area contributed by atoms with Gasteiger partial charge in [-0.05, 0) is 30.3 Å². The number of nitriles is 1. The Morgan fingerprint density at radius 1 is 1.14 bits per heavy atom. The van der Waals surface area contributed by atoms with E-state index in [1.807, 2.05) is 0 Å². The Kier molecular flexibility index (Phi) is 5.82. The first-order chi connectivity index (χ1) is 9.71. The summed E-state index contributed by atoms with van der Waals surface area (Å²) in [6.07, 6.45) is 0. The van der Waals surface area contributed by atoms with Gasteiger partial charge in [-0.1, -0.05) is 20.8 Å². The summed E-state index contributed by atoms with van der Waals surface area (Å²) in [6, 6.07) is 7.22. The summed E-state index contributed by atoms with van der Waals surface area (Å²) in [5.74, 6) is 1.21. The molecule has 0 aliphatic rings.